The van der Waals surface area contributed by atoms with Gasteiger partial charge in [-0.1, -0.05) is 64.5 Å². The van der Waals surface area contributed by atoms with Crippen LogP contribution in [-0.4, -0.2) is 12.5 Å². The quantitative estimate of drug-likeness (QED) is 0.624. The highest BCUT2D eigenvalue weighted by Crippen LogP contribution is 2.29. The largest absolute Gasteiger partial charge is 0.483 e. The summed E-state index contributed by atoms with van der Waals surface area (Å²) in [7, 11) is 0. The highest BCUT2D eigenvalue weighted by atomic mass is 79.9. The van der Waals surface area contributed by atoms with Crippen molar-refractivity contribution in [3.05, 3.63) is 82.8 Å². The zero-order valence-corrected chi connectivity index (χ0v) is 15.4. The molecule has 126 valence electrons. The number of hydrogen-bond donors (Lipinski definition) is 1. The van der Waals surface area contributed by atoms with E-state index in [2.05, 4.69) is 21.2 Å². The van der Waals surface area contributed by atoms with Crippen molar-refractivity contribution in [1.82, 2.24) is 0 Å². The maximum absolute atomic E-state index is 12.2. The molecule has 0 radical (unpaired) electrons. The van der Waals surface area contributed by atoms with Gasteiger partial charge in [-0.15, -0.1) is 0 Å². The lowest BCUT2D eigenvalue weighted by Crippen LogP contribution is -2.20. The number of carbonyl (C=O) groups is 1. The van der Waals surface area contributed by atoms with Gasteiger partial charge in [0.1, 0.15) is 5.75 Å². The minimum atomic E-state index is -0.190. The lowest BCUT2D eigenvalue weighted by Gasteiger charge is -2.12. The number of carbonyl (C=O) groups excluding carboxylic acids is 1. The van der Waals surface area contributed by atoms with E-state index in [1.165, 1.54) is 0 Å². The van der Waals surface area contributed by atoms with Crippen LogP contribution < -0.4 is 10.1 Å². The topological polar surface area (TPSA) is 38.3 Å². The fourth-order valence-electron chi connectivity index (χ4n) is 2.51. The van der Waals surface area contributed by atoms with Crippen LogP contribution in [0.4, 0.5) is 5.69 Å². The zero-order chi connectivity index (χ0) is 17.6. The highest BCUT2D eigenvalue weighted by molar-refractivity contribution is 9.10. The summed E-state index contributed by atoms with van der Waals surface area (Å²) in [6.45, 7) is 1.94. The van der Waals surface area contributed by atoms with E-state index in [-0.39, 0.29) is 12.5 Å². The zero-order valence-electron chi connectivity index (χ0n) is 13.8. The van der Waals surface area contributed by atoms with E-state index in [1.54, 1.807) is 0 Å². The lowest BCUT2D eigenvalue weighted by atomic mass is 10.1. The Kier molecular flexibility index (Phi) is 5.51. The molecule has 25 heavy (non-hydrogen) atoms. The number of benzene rings is 3. The number of rotatable bonds is 5. The molecular weight excluding hydrogens is 378 g/mol. The molecule has 0 heterocycles. The molecule has 0 saturated carbocycles. The summed E-state index contributed by atoms with van der Waals surface area (Å²) in [6, 6.07) is 23.4. The molecule has 3 aromatic carbocycles. The SMILES string of the molecule is Cc1cc(NC(=O)COc2ccccc2-c2ccccc2)ccc1Br. The van der Waals surface area contributed by atoms with E-state index >= 15 is 0 Å². The van der Waals surface area contributed by atoms with Gasteiger partial charge >= 0.3 is 0 Å². The first-order chi connectivity index (χ1) is 12.1. The molecule has 4 heteroatoms. The van der Waals surface area contributed by atoms with Crippen molar-refractivity contribution in [2.75, 3.05) is 11.9 Å². The fraction of sp³-hybridized carbons (Fsp3) is 0.0952. The molecule has 0 aliphatic heterocycles. The summed E-state index contributed by atoms with van der Waals surface area (Å²) in [5, 5.41) is 2.85. The van der Waals surface area contributed by atoms with Crippen LogP contribution in [0.15, 0.2) is 77.3 Å². The number of nitrogens with one attached hydrogen (secondary N) is 1. The third-order valence-corrected chi connectivity index (χ3v) is 4.66. The van der Waals surface area contributed by atoms with Crippen LogP contribution in [0, 0.1) is 6.92 Å². The molecule has 0 spiro atoms. The minimum Gasteiger partial charge on any atom is -0.483 e. The van der Waals surface area contributed by atoms with E-state index in [0.717, 1.165) is 26.9 Å². The predicted octanol–water partition coefficient (Wildman–Crippen LogP) is 5.44. The van der Waals surface area contributed by atoms with Gasteiger partial charge in [-0.3, -0.25) is 4.79 Å². The number of hydrogen-bond acceptors (Lipinski definition) is 2. The van der Waals surface area contributed by atoms with Crippen LogP contribution in [-0.2, 0) is 4.79 Å². The molecule has 0 saturated heterocycles. The molecule has 1 N–H and O–H groups in total. The summed E-state index contributed by atoms with van der Waals surface area (Å²) in [6.07, 6.45) is 0. The normalized spacial score (nSPS) is 10.3. The highest BCUT2D eigenvalue weighted by Gasteiger charge is 2.09. The smallest absolute Gasteiger partial charge is 0.262 e. The first-order valence-corrected chi connectivity index (χ1v) is 8.76. The molecule has 0 aromatic heterocycles. The number of anilines is 1. The maximum atomic E-state index is 12.2. The minimum absolute atomic E-state index is 0.0427. The third-order valence-electron chi connectivity index (χ3n) is 3.77. The Labute approximate surface area is 155 Å². The maximum Gasteiger partial charge on any atom is 0.262 e. The van der Waals surface area contributed by atoms with E-state index in [9.17, 15) is 4.79 Å². The molecule has 0 fully saturated rings. The van der Waals surface area contributed by atoms with E-state index in [4.69, 9.17) is 4.74 Å². The Morgan fingerprint density at radius 3 is 2.48 bits per heavy atom. The first-order valence-electron chi connectivity index (χ1n) is 7.97. The van der Waals surface area contributed by atoms with Crippen molar-refractivity contribution in [1.29, 1.82) is 0 Å². The van der Waals surface area contributed by atoms with Gasteiger partial charge in [0, 0.05) is 15.7 Å². The van der Waals surface area contributed by atoms with Crippen LogP contribution in [0.5, 0.6) is 5.75 Å². The average Bonchev–Trinajstić information content (AvgIpc) is 2.64. The van der Waals surface area contributed by atoms with Gasteiger partial charge in [0.25, 0.3) is 5.91 Å². The van der Waals surface area contributed by atoms with Crippen molar-refractivity contribution in [2.45, 2.75) is 6.92 Å². The molecule has 3 rings (SSSR count). The van der Waals surface area contributed by atoms with Gasteiger partial charge in [0.2, 0.25) is 0 Å². The second-order valence-corrected chi connectivity index (χ2v) is 6.52. The van der Waals surface area contributed by atoms with Crippen LogP contribution in [0.3, 0.4) is 0 Å². The molecule has 0 atom stereocenters. The van der Waals surface area contributed by atoms with Gasteiger partial charge in [0.05, 0.1) is 0 Å². The average molecular weight is 396 g/mol. The van der Waals surface area contributed by atoms with Crippen molar-refractivity contribution in [3.8, 4) is 16.9 Å². The van der Waals surface area contributed by atoms with Crippen LogP contribution in [0.2, 0.25) is 0 Å². The number of amides is 1. The van der Waals surface area contributed by atoms with Gasteiger partial charge in [-0.2, -0.15) is 0 Å². The Morgan fingerprint density at radius 2 is 1.72 bits per heavy atom. The summed E-state index contributed by atoms with van der Waals surface area (Å²) < 4.78 is 6.77. The van der Waals surface area contributed by atoms with Gasteiger partial charge in [-0.05, 0) is 42.3 Å². The van der Waals surface area contributed by atoms with E-state index < -0.39 is 0 Å². The Bertz CT molecular complexity index is 878. The molecule has 3 nitrogen and oxygen atoms in total. The van der Waals surface area contributed by atoms with Crippen LogP contribution in [0.25, 0.3) is 11.1 Å². The summed E-state index contributed by atoms with van der Waals surface area (Å²) in [5.74, 6) is 0.500. The third kappa shape index (κ3) is 4.48. The Balaban J connectivity index is 1.67. The molecule has 0 unspecified atom stereocenters. The van der Waals surface area contributed by atoms with E-state index in [0.29, 0.717) is 5.75 Å². The van der Waals surface area contributed by atoms with Crippen molar-refractivity contribution >= 4 is 27.5 Å². The molecule has 0 bridgehead atoms. The number of ether oxygens (including phenoxy) is 1. The number of aryl methyl sites for hydroxylation is 1. The van der Waals surface area contributed by atoms with Gasteiger partial charge in [-0.25, -0.2) is 0 Å². The second kappa shape index (κ2) is 7.99. The number of para-hydroxylation sites is 1. The Hall–Kier alpha value is -2.59. The number of halogens is 1. The van der Waals surface area contributed by atoms with Crippen LogP contribution in [0.1, 0.15) is 5.56 Å². The predicted molar refractivity (Wildman–Crippen MR) is 105 cm³/mol. The second-order valence-electron chi connectivity index (χ2n) is 5.66. The van der Waals surface area contributed by atoms with Gasteiger partial charge in [0.15, 0.2) is 6.61 Å². The van der Waals surface area contributed by atoms with E-state index in [1.807, 2.05) is 79.7 Å². The molecule has 0 aliphatic carbocycles. The standard InChI is InChI=1S/C21H18BrNO2/c1-15-13-17(11-12-19(15)22)23-21(24)14-25-20-10-6-5-9-18(20)16-7-3-2-4-8-16/h2-13H,14H2,1H3,(H,23,24). The summed E-state index contributed by atoms with van der Waals surface area (Å²) >= 11 is 3.45. The lowest BCUT2D eigenvalue weighted by molar-refractivity contribution is -0.118. The van der Waals surface area contributed by atoms with Gasteiger partial charge < -0.3 is 10.1 Å². The monoisotopic (exact) mass is 395 g/mol. The van der Waals surface area contributed by atoms with Crippen molar-refractivity contribution in [3.63, 3.8) is 0 Å². The first kappa shape index (κ1) is 17.2. The fourth-order valence-corrected chi connectivity index (χ4v) is 2.76. The summed E-state index contributed by atoms with van der Waals surface area (Å²) in [5.41, 5.74) is 3.84. The van der Waals surface area contributed by atoms with Crippen molar-refractivity contribution in [2.24, 2.45) is 0 Å². The Morgan fingerprint density at radius 1 is 1.00 bits per heavy atom. The molecular formula is C21H18BrNO2. The molecule has 3 aromatic rings. The molecule has 0 aliphatic rings. The molecule has 1 amide bonds. The van der Waals surface area contributed by atoms with Crippen LogP contribution >= 0.6 is 15.9 Å². The summed E-state index contributed by atoms with van der Waals surface area (Å²) in [4.78, 5) is 12.2. The van der Waals surface area contributed by atoms with Crippen molar-refractivity contribution < 1.29 is 9.53 Å².